The summed E-state index contributed by atoms with van der Waals surface area (Å²) in [6, 6.07) is 15.9. The van der Waals surface area contributed by atoms with E-state index in [2.05, 4.69) is 4.72 Å². The van der Waals surface area contributed by atoms with Crippen molar-refractivity contribution in [2.75, 3.05) is 17.9 Å². The van der Waals surface area contributed by atoms with Crippen LogP contribution >= 0.6 is 0 Å². The zero-order valence-electron chi connectivity index (χ0n) is 16.5. The average molecular weight is 445 g/mol. The van der Waals surface area contributed by atoms with E-state index in [4.69, 9.17) is 14.6 Å². The van der Waals surface area contributed by atoms with Crippen molar-refractivity contribution in [3.05, 3.63) is 83.7 Å². The van der Waals surface area contributed by atoms with Crippen LogP contribution in [0.1, 0.15) is 15.9 Å². The maximum atomic E-state index is 13.5. The number of halogens is 1. The van der Waals surface area contributed by atoms with E-state index in [1.54, 1.807) is 25.1 Å². The number of anilines is 1. The number of benzene rings is 3. The van der Waals surface area contributed by atoms with E-state index in [1.165, 1.54) is 42.5 Å². The molecule has 3 aromatic rings. The van der Waals surface area contributed by atoms with Crippen LogP contribution in [0.2, 0.25) is 0 Å². The fourth-order valence-corrected chi connectivity index (χ4v) is 4.07. The largest absolute Gasteiger partial charge is 0.490 e. The number of sulfonamides is 1. The van der Waals surface area contributed by atoms with Crippen molar-refractivity contribution < 1.29 is 32.2 Å². The van der Waals surface area contributed by atoms with Gasteiger partial charge in [-0.3, -0.25) is 4.72 Å². The number of carboxylic acid groups (broad SMARTS) is 1. The molecule has 0 bridgehead atoms. The first kappa shape index (κ1) is 22.1. The Morgan fingerprint density at radius 2 is 1.68 bits per heavy atom. The fraction of sp³-hybridized carbons (Fsp3) is 0.136. The first-order valence-electron chi connectivity index (χ1n) is 9.23. The molecule has 0 heterocycles. The van der Waals surface area contributed by atoms with Crippen LogP contribution in [0.3, 0.4) is 0 Å². The van der Waals surface area contributed by atoms with Crippen LogP contribution in [-0.2, 0) is 10.0 Å². The highest BCUT2D eigenvalue weighted by molar-refractivity contribution is 7.92. The Balaban J connectivity index is 1.64. The molecule has 0 atom stereocenters. The van der Waals surface area contributed by atoms with Crippen molar-refractivity contribution in [2.45, 2.75) is 11.8 Å². The lowest BCUT2D eigenvalue weighted by atomic mass is 10.2. The van der Waals surface area contributed by atoms with E-state index in [9.17, 15) is 17.6 Å². The summed E-state index contributed by atoms with van der Waals surface area (Å²) in [5.41, 5.74) is 0.768. The predicted octanol–water partition coefficient (Wildman–Crippen LogP) is 4.09. The van der Waals surface area contributed by atoms with Crippen LogP contribution in [0.5, 0.6) is 11.5 Å². The summed E-state index contributed by atoms with van der Waals surface area (Å²) in [4.78, 5) is 10.7. The molecule has 0 aliphatic carbocycles. The molecule has 2 N–H and O–H groups in total. The molecule has 0 spiro atoms. The van der Waals surface area contributed by atoms with Gasteiger partial charge in [0, 0.05) is 0 Å². The van der Waals surface area contributed by atoms with Crippen molar-refractivity contribution in [3.8, 4) is 11.5 Å². The van der Waals surface area contributed by atoms with Crippen LogP contribution in [-0.4, -0.2) is 32.7 Å². The van der Waals surface area contributed by atoms with Crippen molar-refractivity contribution in [3.63, 3.8) is 0 Å². The number of nitrogens with one attached hydrogen (secondary N) is 1. The van der Waals surface area contributed by atoms with Gasteiger partial charge in [0.25, 0.3) is 10.0 Å². The van der Waals surface area contributed by atoms with E-state index < -0.39 is 21.8 Å². The molecule has 9 heteroatoms. The number of hydrogen-bond acceptors (Lipinski definition) is 5. The molecule has 3 aromatic carbocycles. The molecule has 0 aliphatic rings. The summed E-state index contributed by atoms with van der Waals surface area (Å²) >= 11 is 0. The van der Waals surface area contributed by atoms with E-state index >= 15 is 0 Å². The van der Waals surface area contributed by atoms with Crippen molar-refractivity contribution >= 4 is 21.7 Å². The third-order valence-electron chi connectivity index (χ3n) is 4.28. The SMILES string of the molecule is Cc1ccc(F)cc1S(=O)(=O)Nc1ccccc1OCCOc1ccc(C(=O)O)cc1. The van der Waals surface area contributed by atoms with Gasteiger partial charge in [-0.05, 0) is 61.0 Å². The maximum Gasteiger partial charge on any atom is 0.335 e. The molecule has 0 unspecified atom stereocenters. The molecule has 0 amide bonds. The number of aryl methyl sites for hydroxylation is 1. The minimum Gasteiger partial charge on any atom is -0.490 e. The van der Waals surface area contributed by atoms with E-state index in [-0.39, 0.29) is 35.1 Å². The van der Waals surface area contributed by atoms with Crippen molar-refractivity contribution in [1.82, 2.24) is 0 Å². The predicted molar refractivity (Wildman–Crippen MR) is 113 cm³/mol. The molecule has 0 aliphatic heterocycles. The van der Waals surface area contributed by atoms with E-state index in [1.807, 2.05) is 0 Å². The van der Waals surface area contributed by atoms with Gasteiger partial charge in [-0.1, -0.05) is 18.2 Å². The second kappa shape index (κ2) is 9.48. The fourth-order valence-electron chi connectivity index (χ4n) is 2.74. The summed E-state index contributed by atoms with van der Waals surface area (Å²) in [6.45, 7) is 1.84. The van der Waals surface area contributed by atoms with Gasteiger partial charge in [0.2, 0.25) is 0 Å². The Morgan fingerprint density at radius 1 is 1.00 bits per heavy atom. The zero-order chi connectivity index (χ0) is 22.4. The van der Waals surface area contributed by atoms with Crippen molar-refractivity contribution in [2.24, 2.45) is 0 Å². The highest BCUT2D eigenvalue weighted by Crippen LogP contribution is 2.28. The quantitative estimate of drug-likeness (QED) is 0.481. The summed E-state index contributed by atoms with van der Waals surface area (Å²) in [5.74, 6) is -0.916. The van der Waals surface area contributed by atoms with E-state index in [0.29, 0.717) is 11.3 Å². The zero-order valence-corrected chi connectivity index (χ0v) is 17.4. The maximum absolute atomic E-state index is 13.5. The number of aromatic carboxylic acids is 1. The van der Waals surface area contributed by atoms with Gasteiger partial charge in [0.15, 0.2) is 0 Å². The monoisotopic (exact) mass is 445 g/mol. The minimum absolute atomic E-state index is 0.110. The summed E-state index contributed by atoms with van der Waals surface area (Å²) in [5, 5.41) is 8.90. The van der Waals surface area contributed by atoms with Gasteiger partial charge in [-0.25, -0.2) is 17.6 Å². The van der Waals surface area contributed by atoms with Gasteiger partial charge < -0.3 is 14.6 Å². The Bertz CT molecular complexity index is 1180. The third kappa shape index (κ3) is 5.73. The summed E-state index contributed by atoms with van der Waals surface area (Å²) in [6.07, 6.45) is 0. The molecular formula is C22H20FNO6S. The molecule has 31 heavy (non-hydrogen) atoms. The number of hydrogen-bond donors (Lipinski definition) is 2. The third-order valence-corrected chi connectivity index (χ3v) is 5.79. The van der Waals surface area contributed by atoms with E-state index in [0.717, 1.165) is 6.07 Å². The first-order chi connectivity index (χ1) is 14.8. The van der Waals surface area contributed by atoms with Crippen LogP contribution in [0, 0.1) is 12.7 Å². The van der Waals surface area contributed by atoms with Gasteiger partial charge in [0.1, 0.15) is 30.5 Å². The van der Waals surface area contributed by atoms with Crippen LogP contribution in [0.25, 0.3) is 0 Å². The van der Waals surface area contributed by atoms with Gasteiger partial charge in [0.05, 0.1) is 16.1 Å². The molecule has 0 radical (unpaired) electrons. The number of rotatable bonds is 9. The Labute approximate surface area is 179 Å². The number of carboxylic acids is 1. The lowest BCUT2D eigenvalue weighted by Gasteiger charge is -2.15. The number of carbonyl (C=O) groups is 1. The Hall–Kier alpha value is -3.59. The van der Waals surface area contributed by atoms with Gasteiger partial charge in [-0.15, -0.1) is 0 Å². The van der Waals surface area contributed by atoms with Crippen LogP contribution in [0.15, 0.2) is 71.6 Å². The Kier molecular flexibility index (Phi) is 6.76. The lowest BCUT2D eigenvalue weighted by molar-refractivity contribution is 0.0697. The molecule has 7 nitrogen and oxygen atoms in total. The van der Waals surface area contributed by atoms with Crippen LogP contribution in [0.4, 0.5) is 10.1 Å². The second-order valence-electron chi connectivity index (χ2n) is 6.54. The molecular weight excluding hydrogens is 425 g/mol. The lowest BCUT2D eigenvalue weighted by Crippen LogP contribution is -2.16. The van der Waals surface area contributed by atoms with Crippen LogP contribution < -0.4 is 14.2 Å². The Morgan fingerprint density at radius 3 is 2.39 bits per heavy atom. The highest BCUT2D eigenvalue weighted by Gasteiger charge is 2.19. The molecule has 0 aromatic heterocycles. The highest BCUT2D eigenvalue weighted by atomic mass is 32.2. The second-order valence-corrected chi connectivity index (χ2v) is 8.19. The normalized spacial score (nSPS) is 11.0. The molecule has 0 saturated heterocycles. The molecule has 0 fully saturated rings. The smallest absolute Gasteiger partial charge is 0.335 e. The molecule has 3 rings (SSSR count). The first-order valence-corrected chi connectivity index (χ1v) is 10.7. The number of ether oxygens (including phenoxy) is 2. The summed E-state index contributed by atoms with van der Waals surface area (Å²) < 4.78 is 52.5. The van der Waals surface area contributed by atoms with Gasteiger partial charge in [-0.2, -0.15) is 0 Å². The average Bonchev–Trinajstić information content (AvgIpc) is 2.74. The van der Waals surface area contributed by atoms with Gasteiger partial charge >= 0.3 is 5.97 Å². The molecule has 162 valence electrons. The standard InChI is InChI=1S/C22H20FNO6S/c1-15-6-9-17(23)14-21(15)31(27,28)24-19-4-2-3-5-20(19)30-13-12-29-18-10-7-16(8-11-18)22(25)26/h2-11,14,24H,12-13H2,1H3,(H,25,26). The number of para-hydroxylation sites is 2. The molecule has 0 saturated carbocycles. The topological polar surface area (TPSA) is 102 Å². The van der Waals surface area contributed by atoms with Crippen molar-refractivity contribution in [1.29, 1.82) is 0 Å². The summed E-state index contributed by atoms with van der Waals surface area (Å²) in [7, 11) is -4.02. The minimum atomic E-state index is -4.02.